The van der Waals surface area contributed by atoms with Crippen LogP contribution in [0.15, 0.2) is 48.5 Å². The van der Waals surface area contributed by atoms with Crippen molar-refractivity contribution < 1.29 is 24.2 Å². The number of aliphatic carboxylic acids is 1. The van der Waals surface area contributed by atoms with Crippen molar-refractivity contribution in [1.29, 1.82) is 0 Å². The second-order valence-electron chi connectivity index (χ2n) is 8.76. The molecule has 0 aliphatic heterocycles. The summed E-state index contributed by atoms with van der Waals surface area (Å²) in [7, 11) is 3.52. The molecule has 0 aromatic heterocycles. The zero-order valence-electron chi connectivity index (χ0n) is 19.4. The van der Waals surface area contributed by atoms with Crippen LogP contribution in [0.4, 0.5) is 4.79 Å². The van der Waals surface area contributed by atoms with Crippen molar-refractivity contribution in [2.24, 2.45) is 0 Å². The number of benzene rings is 2. The summed E-state index contributed by atoms with van der Waals surface area (Å²) in [6.45, 7) is 3.43. The van der Waals surface area contributed by atoms with Gasteiger partial charge in [-0.1, -0.05) is 55.5 Å². The first-order valence-electron chi connectivity index (χ1n) is 11.0. The van der Waals surface area contributed by atoms with E-state index in [0.29, 0.717) is 0 Å². The van der Waals surface area contributed by atoms with Crippen LogP contribution in [0.2, 0.25) is 0 Å². The van der Waals surface area contributed by atoms with E-state index < -0.39 is 29.6 Å². The number of carboxylic acid groups (broad SMARTS) is 1. The molecule has 2 amide bonds. The molecule has 1 aliphatic rings. The summed E-state index contributed by atoms with van der Waals surface area (Å²) in [4.78, 5) is 38.8. The molecule has 0 fully saturated rings. The van der Waals surface area contributed by atoms with Gasteiger partial charge in [0.2, 0.25) is 5.91 Å². The van der Waals surface area contributed by atoms with Gasteiger partial charge in [-0.25, -0.2) is 9.59 Å². The van der Waals surface area contributed by atoms with Crippen LogP contribution in [0.5, 0.6) is 0 Å². The quantitative estimate of drug-likeness (QED) is 0.539. The largest absolute Gasteiger partial charge is 0.480 e. The SMILES string of the molecule is CCC(C)(NC(=O)C(CN(C)C)NC(=O)OCC1c2ccccc2-c2ccccc21)C(=O)O. The minimum Gasteiger partial charge on any atom is -0.480 e. The lowest BCUT2D eigenvalue weighted by molar-refractivity contribution is -0.147. The van der Waals surface area contributed by atoms with Gasteiger partial charge in [-0.2, -0.15) is 0 Å². The predicted molar refractivity (Wildman–Crippen MR) is 125 cm³/mol. The number of carboxylic acids is 1. The van der Waals surface area contributed by atoms with E-state index in [4.69, 9.17) is 4.74 Å². The number of nitrogens with one attached hydrogen (secondary N) is 2. The van der Waals surface area contributed by atoms with Gasteiger partial charge >= 0.3 is 12.1 Å². The number of ether oxygens (including phenoxy) is 1. The standard InChI is InChI=1S/C25H31N3O5/c1-5-25(2,23(30)31)27-22(29)21(14-28(3)4)26-24(32)33-15-20-18-12-8-6-10-16(18)17-11-7-9-13-19(17)20/h6-13,20-21H,5,14-15H2,1-4H3,(H,26,32)(H,27,29)(H,30,31). The Morgan fingerprint density at radius 3 is 2.09 bits per heavy atom. The maximum absolute atomic E-state index is 12.8. The van der Waals surface area contributed by atoms with Gasteiger partial charge in [0.05, 0.1) is 0 Å². The average molecular weight is 454 g/mol. The molecule has 176 valence electrons. The van der Waals surface area contributed by atoms with Crippen molar-refractivity contribution in [2.45, 2.75) is 37.8 Å². The molecule has 0 saturated heterocycles. The van der Waals surface area contributed by atoms with Crippen LogP contribution in [-0.4, -0.2) is 66.8 Å². The van der Waals surface area contributed by atoms with Crippen LogP contribution in [0.1, 0.15) is 37.3 Å². The number of rotatable bonds is 9. The molecule has 2 unspecified atom stereocenters. The van der Waals surface area contributed by atoms with Crippen LogP contribution >= 0.6 is 0 Å². The summed E-state index contributed by atoms with van der Waals surface area (Å²) >= 11 is 0. The highest BCUT2D eigenvalue weighted by Crippen LogP contribution is 2.44. The van der Waals surface area contributed by atoms with Gasteiger partial charge in [0.15, 0.2) is 0 Å². The minimum absolute atomic E-state index is 0.0975. The fourth-order valence-corrected chi connectivity index (χ4v) is 3.99. The third-order valence-electron chi connectivity index (χ3n) is 6.08. The predicted octanol–water partition coefficient (Wildman–Crippen LogP) is 2.82. The number of alkyl carbamates (subject to hydrolysis) is 1. The molecular weight excluding hydrogens is 422 g/mol. The van der Waals surface area contributed by atoms with Crippen molar-refractivity contribution in [3.8, 4) is 11.1 Å². The number of carbonyl (C=O) groups excluding carboxylic acids is 2. The molecule has 3 rings (SSSR count). The second kappa shape index (κ2) is 10.0. The smallest absolute Gasteiger partial charge is 0.407 e. The van der Waals surface area contributed by atoms with Gasteiger partial charge in [-0.3, -0.25) is 4.79 Å². The lowest BCUT2D eigenvalue weighted by atomic mass is 9.98. The van der Waals surface area contributed by atoms with E-state index in [1.54, 1.807) is 25.9 Å². The van der Waals surface area contributed by atoms with Gasteiger partial charge in [0.1, 0.15) is 18.2 Å². The number of hydrogen-bond acceptors (Lipinski definition) is 5. The number of nitrogens with zero attached hydrogens (tertiary/aromatic N) is 1. The van der Waals surface area contributed by atoms with Crippen LogP contribution in [0, 0.1) is 0 Å². The first-order valence-corrected chi connectivity index (χ1v) is 11.0. The van der Waals surface area contributed by atoms with E-state index in [9.17, 15) is 19.5 Å². The zero-order valence-corrected chi connectivity index (χ0v) is 19.4. The first-order chi connectivity index (χ1) is 15.7. The normalized spacial score (nSPS) is 15.2. The number of carbonyl (C=O) groups is 3. The van der Waals surface area contributed by atoms with Crippen LogP contribution < -0.4 is 10.6 Å². The fraction of sp³-hybridized carbons (Fsp3) is 0.400. The Bertz CT molecular complexity index is 993. The molecule has 0 heterocycles. The Balaban J connectivity index is 1.69. The topological polar surface area (TPSA) is 108 Å². The van der Waals surface area contributed by atoms with Gasteiger partial charge in [0.25, 0.3) is 0 Å². The Kier molecular flexibility index (Phi) is 7.38. The summed E-state index contributed by atoms with van der Waals surface area (Å²) in [6.07, 6.45) is -0.527. The molecule has 8 heteroatoms. The molecule has 8 nitrogen and oxygen atoms in total. The average Bonchev–Trinajstić information content (AvgIpc) is 3.10. The zero-order chi connectivity index (χ0) is 24.2. The molecule has 0 spiro atoms. The van der Waals surface area contributed by atoms with Gasteiger partial charge in [0, 0.05) is 12.5 Å². The van der Waals surface area contributed by atoms with Crippen molar-refractivity contribution in [3.05, 3.63) is 59.7 Å². The molecule has 2 aromatic rings. The molecule has 0 radical (unpaired) electrons. The Hall–Kier alpha value is -3.39. The lowest BCUT2D eigenvalue weighted by Crippen LogP contribution is -2.59. The maximum Gasteiger partial charge on any atom is 0.407 e. The maximum atomic E-state index is 12.8. The van der Waals surface area contributed by atoms with Crippen molar-refractivity contribution in [1.82, 2.24) is 15.5 Å². The number of hydrogen-bond donors (Lipinski definition) is 3. The van der Waals surface area contributed by atoms with E-state index in [1.807, 2.05) is 36.4 Å². The third kappa shape index (κ3) is 5.34. The molecular formula is C25H31N3O5. The summed E-state index contributed by atoms with van der Waals surface area (Å²) < 4.78 is 5.54. The van der Waals surface area contributed by atoms with E-state index in [2.05, 4.69) is 22.8 Å². The summed E-state index contributed by atoms with van der Waals surface area (Å²) in [5.41, 5.74) is 3.01. The second-order valence-corrected chi connectivity index (χ2v) is 8.76. The van der Waals surface area contributed by atoms with Crippen molar-refractivity contribution in [2.75, 3.05) is 27.2 Å². The molecule has 1 aliphatic carbocycles. The molecule has 0 bridgehead atoms. The van der Waals surface area contributed by atoms with Gasteiger partial charge < -0.3 is 25.4 Å². The Morgan fingerprint density at radius 1 is 1.06 bits per heavy atom. The molecule has 2 atom stereocenters. The highest BCUT2D eigenvalue weighted by molar-refractivity contribution is 5.91. The fourth-order valence-electron chi connectivity index (χ4n) is 3.99. The van der Waals surface area contributed by atoms with Crippen LogP contribution in [0.3, 0.4) is 0 Å². The molecule has 3 N–H and O–H groups in total. The minimum atomic E-state index is -1.43. The lowest BCUT2D eigenvalue weighted by Gasteiger charge is -2.29. The Morgan fingerprint density at radius 2 is 1.61 bits per heavy atom. The van der Waals surface area contributed by atoms with Gasteiger partial charge in [-0.05, 0) is 49.7 Å². The van der Waals surface area contributed by atoms with Gasteiger partial charge in [-0.15, -0.1) is 0 Å². The van der Waals surface area contributed by atoms with Crippen LogP contribution in [0.25, 0.3) is 11.1 Å². The molecule has 33 heavy (non-hydrogen) atoms. The summed E-state index contributed by atoms with van der Waals surface area (Å²) in [5.74, 6) is -1.81. The van der Waals surface area contributed by atoms with Crippen molar-refractivity contribution >= 4 is 18.0 Å². The van der Waals surface area contributed by atoms with E-state index in [1.165, 1.54) is 6.92 Å². The van der Waals surface area contributed by atoms with E-state index in [0.717, 1.165) is 22.3 Å². The number of amides is 2. The molecule has 2 aromatic carbocycles. The van der Waals surface area contributed by atoms with E-state index >= 15 is 0 Å². The highest BCUT2D eigenvalue weighted by atomic mass is 16.5. The highest BCUT2D eigenvalue weighted by Gasteiger charge is 2.36. The summed E-state index contributed by atoms with van der Waals surface area (Å²) in [5, 5.41) is 14.6. The molecule has 0 saturated carbocycles. The number of likely N-dealkylation sites (N-methyl/N-ethyl adjacent to an activating group) is 1. The first kappa shape index (κ1) is 24.3. The van der Waals surface area contributed by atoms with Crippen LogP contribution in [-0.2, 0) is 14.3 Å². The monoisotopic (exact) mass is 453 g/mol. The van der Waals surface area contributed by atoms with Crippen molar-refractivity contribution in [3.63, 3.8) is 0 Å². The van der Waals surface area contributed by atoms with E-state index in [-0.39, 0.29) is 25.5 Å². The third-order valence-corrected chi connectivity index (χ3v) is 6.08. The number of fused-ring (bicyclic) bond motifs is 3. The Labute approximate surface area is 193 Å². The summed E-state index contributed by atoms with van der Waals surface area (Å²) in [6, 6.07) is 15.1.